The van der Waals surface area contributed by atoms with Crippen molar-refractivity contribution in [2.45, 2.75) is 59.5 Å². The Hall–Kier alpha value is -0.0800. The molecule has 0 aliphatic rings. The zero-order chi connectivity index (χ0) is 10.4. The maximum absolute atomic E-state index is 5.53. The zero-order valence-corrected chi connectivity index (χ0v) is 9.52. The molecule has 0 saturated heterocycles. The van der Waals surface area contributed by atoms with E-state index in [1.54, 1.807) is 0 Å². The second kappa shape index (κ2) is 6.44. The Morgan fingerprint density at radius 1 is 1.17 bits per heavy atom. The van der Waals surface area contributed by atoms with E-state index >= 15 is 0 Å². The van der Waals surface area contributed by atoms with Crippen molar-refractivity contribution >= 4 is 0 Å². The van der Waals surface area contributed by atoms with Crippen LogP contribution in [0.4, 0.5) is 0 Å². The Labute approximate surface area is 77.7 Å². The van der Waals surface area contributed by atoms with Gasteiger partial charge in [0.2, 0.25) is 0 Å². The highest BCUT2D eigenvalue weighted by Gasteiger charge is 2.03. The van der Waals surface area contributed by atoms with Crippen molar-refractivity contribution in [2.75, 3.05) is 0 Å². The van der Waals surface area contributed by atoms with Gasteiger partial charge >= 0.3 is 0 Å². The van der Waals surface area contributed by atoms with Crippen molar-refractivity contribution in [2.24, 2.45) is 17.4 Å². The van der Waals surface area contributed by atoms with Gasteiger partial charge in [-0.2, -0.15) is 0 Å². The van der Waals surface area contributed by atoms with Gasteiger partial charge in [0.15, 0.2) is 0 Å². The molecule has 12 heavy (non-hydrogen) atoms. The largest absolute Gasteiger partial charge is 0.328 e. The van der Waals surface area contributed by atoms with Crippen LogP contribution in [0, 0.1) is 5.92 Å². The first-order valence-electron chi connectivity index (χ1n) is 4.75. The van der Waals surface area contributed by atoms with E-state index in [0.29, 0.717) is 12.0 Å². The number of rotatable bonds is 2. The van der Waals surface area contributed by atoms with Crippen molar-refractivity contribution in [3.8, 4) is 0 Å². The van der Waals surface area contributed by atoms with Gasteiger partial charge in [0.25, 0.3) is 0 Å². The molecule has 0 aliphatic heterocycles. The van der Waals surface area contributed by atoms with Crippen molar-refractivity contribution < 1.29 is 0 Å². The Kier molecular flexibility index (Phi) is 7.75. The highest BCUT2D eigenvalue weighted by molar-refractivity contribution is 4.67. The van der Waals surface area contributed by atoms with Crippen LogP contribution in [0.3, 0.4) is 0 Å². The summed E-state index contributed by atoms with van der Waals surface area (Å²) in [4.78, 5) is 0. The molecule has 2 nitrogen and oxygen atoms in total. The smallest absolute Gasteiger partial charge is 0.00944 e. The van der Waals surface area contributed by atoms with Gasteiger partial charge in [0, 0.05) is 11.6 Å². The Morgan fingerprint density at radius 3 is 1.33 bits per heavy atom. The van der Waals surface area contributed by atoms with Gasteiger partial charge in [-0.05, 0) is 33.1 Å². The van der Waals surface area contributed by atoms with Crippen LogP contribution >= 0.6 is 0 Å². The third-order valence-electron chi connectivity index (χ3n) is 1.96. The molecule has 0 rings (SSSR count). The number of hydrogen-bond acceptors (Lipinski definition) is 2. The fourth-order valence-electron chi connectivity index (χ4n) is 0. The van der Waals surface area contributed by atoms with E-state index in [0.717, 1.165) is 6.42 Å². The van der Waals surface area contributed by atoms with Crippen molar-refractivity contribution in [1.82, 2.24) is 0 Å². The lowest BCUT2D eigenvalue weighted by atomic mass is 10.1. The molecule has 0 spiro atoms. The summed E-state index contributed by atoms with van der Waals surface area (Å²) < 4.78 is 0. The molecular formula is C10H26N2. The molecule has 4 N–H and O–H groups in total. The average molecular weight is 174 g/mol. The lowest BCUT2D eigenvalue weighted by Crippen LogP contribution is -2.30. The fourth-order valence-corrected chi connectivity index (χ4v) is 0. The van der Waals surface area contributed by atoms with Crippen LogP contribution in [0.5, 0.6) is 0 Å². The molecule has 1 unspecified atom stereocenters. The molecule has 0 saturated carbocycles. The predicted octanol–water partition coefficient (Wildman–Crippen LogP) is 2.12. The molecule has 0 aliphatic carbocycles. The SMILES string of the molecule is CC(C)C(C)N.CCC(C)(C)N. The first-order chi connectivity index (χ1) is 5.20. The average Bonchev–Trinajstić information content (AvgIpc) is 1.87. The quantitative estimate of drug-likeness (QED) is 0.674. The third-order valence-corrected chi connectivity index (χ3v) is 1.96. The first kappa shape index (κ1) is 14.4. The van der Waals surface area contributed by atoms with Crippen LogP contribution in [0.2, 0.25) is 0 Å². The van der Waals surface area contributed by atoms with Crippen LogP contribution < -0.4 is 11.5 Å². The highest BCUT2D eigenvalue weighted by Crippen LogP contribution is 1.99. The molecule has 0 aromatic carbocycles. The minimum atomic E-state index is 0.0417. The maximum atomic E-state index is 5.53. The van der Waals surface area contributed by atoms with Gasteiger partial charge in [-0.1, -0.05) is 20.8 Å². The lowest BCUT2D eigenvalue weighted by Gasteiger charge is -2.13. The minimum absolute atomic E-state index is 0.0417. The first-order valence-corrected chi connectivity index (χ1v) is 4.75. The van der Waals surface area contributed by atoms with Crippen molar-refractivity contribution in [3.63, 3.8) is 0 Å². The van der Waals surface area contributed by atoms with E-state index < -0.39 is 0 Å². The van der Waals surface area contributed by atoms with Gasteiger partial charge in [-0.15, -0.1) is 0 Å². The topological polar surface area (TPSA) is 52.0 Å². The van der Waals surface area contributed by atoms with Gasteiger partial charge in [0.1, 0.15) is 0 Å². The fraction of sp³-hybridized carbons (Fsp3) is 1.00. The normalized spacial score (nSPS) is 13.8. The standard InChI is InChI=1S/2C5H13N/c1-4-5(2,3)6;1-4(2)5(3)6/h4,6H2,1-3H3;4-5H,6H2,1-3H3. The summed E-state index contributed by atoms with van der Waals surface area (Å²) >= 11 is 0. The summed E-state index contributed by atoms with van der Waals surface area (Å²) in [7, 11) is 0. The van der Waals surface area contributed by atoms with Crippen LogP contribution in [-0.2, 0) is 0 Å². The molecular weight excluding hydrogens is 148 g/mol. The van der Waals surface area contributed by atoms with Gasteiger partial charge in [-0.25, -0.2) is 0 Å². The third kappa shape index (κ3) is 16.5. The Morgan fingerprint density at radius 2 is 1.33 bits per heavy atom. The summed E-state index contributed by atoms with van der Waals surface area (Å²) in [5.41, 5.74) is 11.0. The lowest BCUT2D eigenvalue weighted by molar-refractivity contribution is 0.501. The molecule has 0 aromatic heterocycles. The van der Waals surface area contributed by atoms with Crippen LogP contribution in [0.1, 0.15) is 48.0 Å². The zero-order valence-electron chi connectivity index (χ0n) is 9.52. The molecule has 0 bridgehead atoms. The Balaban J connectivity index is 0. The Bertz CT molecular complexity index is 84.5. The van der Waals surface area contributed by atoms with Gasteiger partial charge < -0.3 is 11.5 Å². The van der Waals surface area contributed by atoms with E-state index in [1.165, 1.54) is 0 Å². The second-order valence-electron chi connectivity index (χ2n) is 4.45. The van der Waals surface area contributed by atoms with Crippen LogP contribution in [0.15, 0.2) is 0 Å². The molecule has 76 valence electrons. The van der Waals surface area contributed by atoms with Crippen LogP contribution in [0.25, 0.3) is 0 Å². The molecule has 0 amide bonds. The number of nitrogens with two attached hydrogens (primary N) is 2. The van der Waals surface area contributed by atoms with E-state index in [1.807, 2.05) is 20.8 Å². The summed E-state index contributed by atoms with van der Waals surface area (Å²) in [5.74, 6) is 0.630. The summed E-state index contributed by atoms with van der Waals surface area (Å²) in [5, 5.41) is 0. The van der Waals surface area contributed by atoms with Crippen molar-refractivity contribution in [3.05, 3.63) is 0 Å². The molecule has 1 atom stereocenters. The summed E-state index contributed by atoms with van der Waals surface area (Å²) in [6.07, 6.45) is 1.05. The molecule has 0 aromatic rings. The highest BCUT2D eigenvalue weighted by atomic mass is 14.7. The summed E-state index contributed by atoms with van der Waals surface area (Å²) in [6.45, 7) is 12.4. The predicted molar refractivity (Wildman–Crippen MR) is 57.0 cm³/mol. The van der Waals surface area contributed by atoms with E-state index in [2.05, 4.69) is 20.8 Å². The van der Waals surface area contributed by atoms with Gasteiger partial charge in [0.05, 0.1) is 0 Å². The van der Waals surface area contributed by atoms with Crippen LogP contribution in [-0.4, -0.2) is 11.6 Å². The van der Waals surface area contributed by atoms with E-state index in [4.69, 9.17) is 11.5 Å². The number of hydrogen-bond donors (Lipinski definition) is 2. The second-order valence-corrected chi connectivity index (χ2v) is 4.45. The molecule has 0 fully saturated rings. The van der Waals surface area contributed by atoms with E-state index in [9.17, 15) is 0 Å². The van der Waals surface area contributed by atoms with E-state index in [-0.39, 0.29) is 5.54 Å². The molecule has 0 heterocycles. The summed E-state index contributed by atoms with van der Waals surface area (Å²) in [6, 6.07) is 0.352. The van der Waals surface area contributed by atoms with Gasteiger partial charge in [-0.3, -0.25) is 0 Å². The minimum Gasteiger partial charge on any atom is -0.328 e. The molecule has 2 heteroatoms. The monoisotopic (exact) mass is 174 g/mol. The van der Waals surface area contributed by atoms with Crippen molar-refractivity contribution in [1.29, 1.82) is 0 Å². The molecule has 0 radical (unpaired) electrons. The maximum Gasteiger partial charge on any atom is 0.00944 e.